The highest BCUT2D eigenvalue weighted by atomic mass is 35.5. The van der Waals surface area contributed by atoms with E-state index in [-0.39, 0.29) is 12.0 Å². The molecule has 5 heteroatoms. The lowest BCUT2D eigenvalue weighted by atomic mass is 10.3. The van der Waals surface area contributed by atoms with E-state index in [0.29, 0.717) is 23.7 Å². The number of halogens is 1. The van der Waals surface area contributed by atoms with Crippen LogP contribution in [0.15, 0.2) is 24.3 Å². The molecule has 0 aliphatic rings. The van der Waals surface area contributed by atoms with Crippen LogP contribution in [-0.4, -0.2) is 32.1 Å². The molecule has 0 fully saturated rings. The van der Waals surface area contributed by atoms with Gasteiger partial charge in [-0.25, -0.2) is 0 Å². The molecule has 0 aliphatic carbocycles. The summed E-state index contributed by atoms with van der Waals surface area (Å²) in [5.41, 5.74) is 0. The van der Waals surface area contributed by atoms with Gasteiger partial charge in [-0.3, -0.25) is 4.79 Å². The normalized spacial score (nSPS) is 11.9. The van der Waals surface area contributed by atoms with E-state index in [4.69, 9.17) is 16.3 Å². The lowest BCUT2D eigenvalue weighted by Crippen LogP contribution is -2.33. The predicted molar refractivity (Wildman–Crippen MR) is 77.7 cm³/mol. The molecule has 0 aliphatic heterocycles. The van der Waals surface area contributed by atoms with E-state index in [2.05, 4.69) is 10.6 Å². The van der Waals surface area contributed by atoms with Crippen LogP contribution in [0.4, 0.5) is 0 Å². The van der Waals surface area contributed by atoms with Gasteiger partial charge in [-0.05, 0) is 45.1 Å². The first-order chi connectivity index (χ1) is 9.11. The van der Waals surface area contributed by atoms with Gasteiger partial charge in [0.15, 0.2) is 0 Å². The largest absolute Gasteiger partial charge is 0.489 e. The molecule has 0 bridgehead atoms. The van der Waals surface area contributed by atoms with Crippen molar-refractivity contribution in [3.05, 3.63) is 29.3 Å². The third kappa shape index (κ3) is 7.03. The lowest BCUT2D eigenvalue weighted by Gasteiger charge is -2.15. The fraction of sp³-hybridized carbons (Fsp3) is 0.500. The molecular weight excluding hydrogens is 264 g/mol. The molecule has 4 nitrogen and oxygen atoms in total. The van der Waals surface area contributed by atoms with E-state index in [1.807, 2.05) is 26.1 Å². The number of carbonyl (C=O) groups excluding carboxylic acids is 1. The van der Waals surface area contributed by atoms with Gasteiger partial charge < -0.3 is 15.4 Å². The maximum atomic E-state index is 11.5. The maximum absolute atomic E-state index is 11.5. The van der Waals surface area contributed by atoms with Gasteiger partial charge in [0, 0.05) is 11.4 Å². The number of benzene rings is 1. The minimum Gasteiger partial charge on any atom is -0.489 e. The Morgan fingerprint density at radius 3 is 2.95 bits per heavy atom. The fourth-order valence-electron chi connectivity index (χ4n) is 1.59. The van der Waals surface area contributed by atoms with Crippen LogP contribution in [0.25, 0.3) is 0 Å². The molecular formula is C14H21ClN2O2. The van der Waals surface area contributed by atoms with E-state index >= 15 is 0 Å². The van der Waals surface area contributed by atoms with E-state index in [0.717, 1.165) is 13.0 Å². The summed E-state index contributed by atoms with van der Waals surface area (Å²) in [6, 6.07) is 7.23. The van der Waals surface area contributed by atoms with Crippen molar-refractivity contribution in [2.45, 2.75) is 25.9 Å². The number of hydrogen-bond acceptors (Lipinski definition) is 3. The molecule has 0 heterocycles. The monoisotopic (exact) mass is 284 g/mol. The average molecular weight is 285 g/mol. The summed E-state index contributed by atoms with van der Waals surface area (Å²) < 4.78 is 5.66. The SMILES string of the molecule is CNCCCC(=O)NCC(C)Oc1cccc(Cl)c1. The third-order valence-electron chi connectivity index (χ3n) is 2.55. The summed E-state index contributed by atoms with van der Waals surface area (Å²) in [6.45, 7) is 3.25. The van der Waals surface area contributed by atoms with Crippen molar-refractivity contribution in [1.29, 1.82) is 0 Å². The van der Waals surface area contributed by atoms with Gasteiger partial charge in [0.25, 0.3) is 0 Å². The topological polar surface area (TPSA) is 50.4 Å². The van der Waals surface area contributed by atoms with E-state index in [9.17, 15) is 4.79 Å². The van der Waals surface area contributed by atoms with Gasteiger partial charge in [-0.2, -0.15) is 0 Å². The minimum atomic E-state index is -0.0910. The van der Waals surface area contributed by atoms with Crippen molar-refractivity contribution in [2.24, 2.45) is 0 Å². The van der Waals surface area contributed by atoms with Crippen molar-refractivity contribution >= 4 is 17.5 Å². The highest BCUT2D eigenvalue weighted by molar-refractivity contribution is 6.30. The number of rotatable bonds is 8. The summed E-state index contributed by atoms with van der Waals surface area (Å²) in [4.78, 5) is 11.5. The molecule has 0 saturated heterocycles. The number of ether oxygens (including phenoxy) is 1. The van der Waals surface area contributed by atoms with E-state index < -0.39 is 0 Å². The second-order valence-corrected chi connectivity index (χ2v) is 4.83. The van der Waals surface area contributed by atoms with Crippen molar-refractivity contribution in [1.82, 2.24) is 10.6 Å². The summed E-state index contributed by atoms with van der Waals surface area (Å²) in [5.74, 6) is 0.765. The molecule has 2 N–H and O–H groups in total. The Bertz CT molecular complexity index is 399. The van der Waals surface area contributed by atoms with Crippen LogP contribution < -0.4 is 15.4 Å². The number of carbonyl (C=O) groups is 1. The quantitative estimate of drug-likeness (QED) is 0.720. The van der Waals surface area contributed by atoms with Gasteiger partial charge in [0.1, 0.15) is 11.9 Å². The molecule has 1 rings (SSSR count). The molecule has 19 heavy (non-hydrogen) atoms. The molecule has 0 aromatic heterocycles. The van der Waals surface area contributed by atoms with Crippen LogP contribution in [0.5, 0.6) is 5.75 Å². The van der Waals surface area contributed by atoms with Crippen molar-refractivity contribution in [3.8, 4) is 5.75 Å². The van der Waals surface area contributed by atoms with Gasteiger partial charge >= 0.3 is 0 Å². The second-order valence-electron chi connectivity index (χ2n) is 4.40. The molecule has 106 valence electrons. The molecule has 1 unspecified atom stereocenters. The van der Waals surface area contributed by atoms with Gasteiger partial charge in [-0.1, -0.05) is 17.7 Å². The summed E-state index contributed by atoms with van der Waals surface area (Å²) in [5, 5.41) is 6.50. The Morgan fingerprint density at radius 1 is 1.47 bits per heavy atom. The van der Waals surface area contributed by atoms with Crippen LogP contribution >= 0.6 is 11.6 Å². The third-order valence-corrected chi connectivity index (χ3v) is 2.79. The summed E-state index contributed by atoms with van der Waals surface area (Å²) in [7, 11) is 1.87. The van der Waals surface area contributed by atoms with Crippen molar-refractivity contribution in [2.75, 3.05) is 20.1 Å². The van der Waals surface area contributed by atoms with E-state index in [1.165, 1.54) is 0 Å². The van der Waals surface area contributed by atoms with Crippen LogP contribution in [0, 0.1) is 0 Å². The van der Waals surface area contributed by atoms with Gasteiger partial charge in [0.2, 0.25) is 5.91 Å². The highest BCUT2D eigenvalue weighted by Gasteiger charge is 2.07. The Morgan fingerprint density at radius 2 is 2.26 bits per heavy atom. The smallest absolute Gasteiger partial charge is 0.220 e. The van der Waals surface area contributed by atoms with Gasteiger partial charge in [0.05, 0.1) is 6.54 Å². The average Bonchev–Trinajstić information content (AvgIpc) is 2.37. The van der Waals surface area contributed by atoms with Crippen molar-refractivity contribution in [3.63, 3.8) is 0 Å². The van der Waals surface area contributed by atoms with E-state index in [1.54, 1.807) is 12.1 Å². The van der Waals surface area contributed by atoms with Crippen molar-refractivity contribution < 1.29 is 9.53 Å². The second kappa shape index (κ2) is 8.77. The first kappa shape index (κ1) is 15.8. The van der Waals surface area contributed by atoms with Crippen LogP contribution in [0.1, 0.15) is 19.8 Å². The summed E-state index contributed by atoms with van der Waals surface area (Å²) >= 11 is 5.87. The molecule has 0 saturated carbocycles. The molecule has 1 atom stereocenters. The molecule has 1 aromatic carbocycles. The van der Waals surface area contributed by atoms with Crippen LogP contribution in [0.3, 0.4) is 0 Å². The number of nitrogens with one attached hydrogen (secondary N) is 2. The fourth-order valence-corrected chi connectivity index (χ4v) is 1.77. The van der Waals surface area contributed by atoms with Crippen LogP contribution in [0.2, 0.25) is 5.02 Å². The first-order valence-electron chi connectivity index (χ1n) is 6.45. The zero-order valence-corrected chi connectivity index (χ0v) is 12.2. The standard InChI is InChI=1S/C14H21ClN2O2/c1-11(10-17-14(18)7-4-8-16-2)19-13-6-3-5-12(15)9-13/h3,5-6,9,11,16H,4,7-8,10H2,1-2H3,(H,17,18). The first-order valence-corrected chi connectivity index (χ1v) is 6.83. The van der Waals surface area contributed by atoms with Gasteiger partial charge in [-0.15, -0.1) is 0 Å². The van der Waals surface area contributed by atoms with Crippen LogP contribution in [-0.2, 0) is 4.79 Å². The highest BCUT2D eigenvalue weighted by Crippen LogP contribution is 2.18. The molecule has 1 aromatic rings. The minimum absolute atomic E-state index is 0.0526. The Hall–Kier alpha value is -1.26. The Balaban J connectivity index is 2.24. The zero-order valence-electron chi connectivity index (χ0n) is 11.4. The molecule has 0 spiro atoms. The molecule has 0 radical (unpaired) electrons. The maximum Gasteiger partial charge on any atom is 0.220 e. The Kier molecular flexibility index (Phi) is 7.30. The zero-order chi connectivity index (χ0) is 14.1. The Labute approximate surface area is 119 Å². The molecule has 1 amide bonds. The number of hydrogen-bond donors (Lipinski definition) is 2. The predicted octanol–water partition coefficient (Wildman–Crippen LogP) is 2.22. The number of amides is 1. The lowest BCUT2D eigenvalue weighted by molar-refractivity contribution is -0.121. The summed E-state index contributed by atoms with van der Waals surface area (Å²) in [6.07, 6.45) is 1.28.